The first-order valence-electron chi connectivity index (χ1n) is 6.76. The number of hydrogen-bond acceptors (Lipinski definition) is 3. The lowest BCUT2D eigenvalue weighted by molar-refractivity contribution is -0.120. The van der Waals surface area contributed by atoms with Crippen molar-refractivity contribution in [2.24, 2.45) is 0 Å². The number of benzene rings is 1. The van der Waals surface area contributed by atoms with Gasteiger partial charge in [-0.15, -0.1) is 0 Å². The van der Waals surface area contributed by atoms with Crippen molar-refractivity contribution in [1.29, 1.82) is 0 Å². The number of amides is 1. The summed E-state index contributed by atoms with van der Waals surface area (Å²) in [5.74, 6) is -0.142. The number of halogens is 1. The number of anilines is 1. The molecular weight excluding hydrogens is 356 g/mol. The van der Waals surface area contributed by atoms with Crippen LogP contribution in [0.25, 0.3) is 0 Å². The van der Waals surface area contributed by atoms with E-state index in [0.717, 1.165) is 22.7 Å². The summed E-state index contributed by atoms with van der Waals surface area (Å²) in [7, 11) is -3.43. The lowest BCUT2D eigenvalue weighted by Gasteiger charge is -2.22. The first-order valence-corrected chi connectivity index (χ1v) is 9.40. The van der Waals surface area contributed by atoms with E-state index >= 15 is 0 Å². The van der Waals surface area contributed by atoms with E-state index in [2.05, 4.69) is 21.2 Å². The molecule has 0 heterocycles. The molecule has 1 rings (SSSR count). The molecule has 0 fully saturated rings. The molecule has 5 nitrogen and oxygen atoms in total. The largest absolute Gasteiger partial charge is 0.356 e. The van der Waals surface area contributed by atoms with Gasteiger partial charge in [0.15, 0.2) is 0 Å². The molecule has 1 aromatic carbocycles. The van der Waals surface area contributed by atoms with Gasteiger partial charge in [0.25, 0.3) is 0 Å². The van der Waals surface area contributed by atoms with E-state index in [0.29, 0.717) is 12.2 Å². The fourth-order valence-corrected chi connectivity index (χ4v) is 3.07. The Morgan fingerprint density at radius 3 is 2.57 bits per heavy atom. The second-order valence-corrected chi connectivity index (χ2v) is 7.63. The standard InChI is InChI=1S/C14H21BrN2O3S/c1-4-8-16-14(18)7-9-17(21(3,19)20)12-6-5-11(2)13(15)10-12/h5-6,10H,4,7-9H2,1-3H3,(H,16,18). The Morgan fingerprint density at radius 2 is 2.05 bits per heavy atom. The summed E-state index contributed by atoms with van der Waals surface area (Å²) in [6.07, 6.45) is 2.13. The van der Waals surface area contributed by atoms with Crippen LogP contribution in [-0.4, -0.2) is 33.7 Å². The fraction of sp³-hybridized carbons (Fsp3) is 0.500. The summed E-state index contributed by atoms with van der Waals surface area (Å²) >= 11 is 3.39. The van der Waals surface area contributed by atoms with E-state index in [4.69, 9.17) is 0 Å². The minimum atomic E-state index is -3.43. The van der Waals surface area contributed by atoms with Gasteiger partial charge in [-0.05, 0) is 31.0 Å². The molecule has 0 aliphatic heterocycles. The maximum absolute atomic E-state index is 11.9. The second kappa shape index (κ2) is 7.79. The molecule has 0 saturated carbocycles. The molecule has 1 amide bonds. The van der Waals surface area contributed by atoms with Crippen molar-refractivity contribution < 1.29 is 13.2 Å². The zero-order valence-corrected chi connectivity index (χ0v) is 14.9. The summed E-state index contributed by atoms with van der Waals surface area (Å²) < 4.78 is 26.0. The molecule has 0 spiro atoms. The third-order valence-corrected chi connectivity index (χ3v) is 5.01. The van der Waals surface area contributed by atoms with Crippen LogP contribution in [0.1, 0.15) is 25.3 Å². The Hall–Kier alpha value is -1.08. The van der Waals surface area contributed by atoms with Gasteiger partial charge in [0.05, 0.1) is 11.9 Å². The van der Waals surface area contributed by atoms with Gasteiger partial charge in [-0.1, -0.05) is 28.9 Å². The van der Waals surface area contributed by atoms with Crippen molar-refractivity contribution in [3.05, 3.63) is 28.2 Å². The average molecular weight is 377 g/mol. The normalized spacial score (nSPS) is 11.2. The lowest BCUT2D eigenvalue weighted by Crippen LogP contribution is -2.34. The molecule has 0 saturated heterocycles. The minimum Gasteiger partial charge on any atom is -0.356 e. The molecule has 0 bridgehead atoms. The topological polar surface area (TPSA) is 66.5 Å². The van der Waals surface area contributed by atoms with Crippen molar-refractivity contribution in [3.63, 3.8) is 0 Å². The van der Waals surface area contributed by atoms with Crippen LogP contribution in [0.4, 0.5) is 5.69 Å². The van der Waals surface area contributed by atoms with Gasteiger partial charge >= 0.3 is 0 Å². The average Bonchev–Trinajstić information content (AvgIpc) is 2.39. The SMILES string of the molecule is CCCNC(=O)CCN(c1ccc(C)c(Br)c1)S(C)(=O)=O. The molecule has 21 heavy (non-hydrogen) atoms. The predicted molar refractivity (Wildman–Crippen MR) is 89.0 cm³/mol. The van der Waals surface area contributed by atoms with Crippen LogP contribution in [0.2, 0.25) is 0 Å². The van der Waals surface area contributed by atoms with Gasteiger partial charge in [0.1, 0.15) is 0 Å². The molecular formula is C14H21BrN2O3S. The number of sulfonamides is 1. The quantitative estimate of drug-likeness (QED) is 0.794. The predicted octanol–water partition coefficient (Wildman–Crippen LogP) is 2.44. The van der Waals surface area contributed by atoms with E-state index in [1.807, 2.05) is 19.9 Å². The number of carbonyl (C=O) groups is 1. The Bertz CT molecular complexity index is 602. The highest BCUT2D eigenvalue weighted by Crippen LogP contribution is 2.25. The zero-order valence-electron chi connectivity index (χ0n) is 12.5. The third-order valence-electron chi connectivity index (χ3n) is 2.96. The van der Waals surface area contributed by atoms with Crippen molar-refractivity contribution in [2.75, 3.05) is 23.7 Å². The third kappa shape index (κ3) is 5.67. The number of hydrogen-bond donors (Lipinski definition) is 1. The molecule has 118 valence electrons. The molecule has 0 aliphatic rings. The molecule has 0 aromatic heterocycles. The Kier molecular flexibility index (Phi) is 6.67. The summed E-state index contributed by atoms with van der Waals surface area (Å²) in [6, 6.07) is 5.33. The first kappa shape index (κ1) is 18.0. The van der Waals surface area contributed by atoms with Gasteiger partial charge < -0.3 is 5.32 Å². The number of aryl methyl sites for hydroxylation is 1. The van der Waals surface area contributed by atoms with Crippen LogP contribution in [-0.2, 0) is 14.8 Å². The van der Waals surface area contributed by atoms with Crippen LogP contribution in [0, 0.1) is 6.92 Å². The van der Waals surface area contributed by atoms with Crippen LogP contribution < -0.4 is 9.62 Å². The molecule has 0 atom stereocenters. The molecule has 1 aromatic rings. The highest BCUT2D eigenvalue weighted by molar-refractivity contribution is 9.10. The smallest absolute Gasteiger partial charge is 0.232 e. The molecule has 0 unspecified atom stereocenters. The minimum absolute atomic E-state index is 0.129. The lowest BCUT2D eigenvalue weighted by atomic mass is 10.2. The monoisotopic (exact) mass is 376 g/mol. The van der Waals surface area contributed by atoms with Crippen molar-refractivity contribution in [3.8, 4) is 0 Å². The fourth-order valence-electron chi connectivity index (χ4n) is 1.78. The molecule has 0 radical (unpaired) electrons. The van der Waals surface area contributed by atoms with Crippen LogP contribution in [0.5, 0.6) is 0 Å². The summed E-state index contributed by atoms with van der Waals surface area (Å²) in [5.41, 5.74) is 1.58. The van der Waals surface area contributed by atoms with E-state index < -0.39 is 10.0 Å². The van der Waals surface area contributed by atoms with Crippen molar-refractivity contribution >= 4 is 37.5 Å². The summed E-state index contributed by atoms with van der Waals surface area (Å²) in [4.78, 5) is 11.6. The Balaban J connectivity index is 2.87. The maximum Gasteiger partial charge on any atom is 0.232 e. The van der Waals surface area contributed by atoms with Gasteiger partial charge in [-0.3, -0.25) is 9.10 Å². The maximum atomic E-state index is 11.9. The van der Waals surface area contributed by atoms with Crippen molar-refractivity contribution in [2.45, 2.75) is 26.7 Å². The Labute approximate surface area is 134 Å². The molecule has 1 N–H and O–H groups in total. The van der Waals surface area contributed by atoms with Gasteiger partial charge in [-0.25, -0.2) is 8.42 Å². The number of rotatable bonds is 7. The first-order chi connectivity index (χ1) is 9.75. The van der Waals surface area contributed by atoms with Crippen molar-refractivity contribution in [1.82, 2.24) is 5.32 Å². The van der Waals surface area contributed by atoms with Gasteiger partial charge in [0.2, 0.25) is 15.9 Å². The summed E-state index contributed by atoms with van der Waals surface area (Å²) in [5, 5.41) is 2.74. The van der Waals surface area contributed by atoms with E-state index in [1.165, 1.54) is 4.31 Å². The number of nitrogens with one attached hydrogen (secondary N) is 1. The van der Waals surface area contributed by atoms with E-state index in [9.17, 15) is 13.2 Å². The highest BCUT2D eigenvalue weighted by atomic mass is 79.9. The Morgan fingerprint density at radius 1 is 1.38 bits per heavy atom. The van der Waals surface area contributed by atoms with Crippen LogP contribution in [0.15, 0.2) is 22.7 Å². The zero-order chi connectivity index (χ0) is 16.0. The second-order valence-electron chi connectivity index (χ2n) is 4.87. The molecule has 0 aliphatic carbocycles. The van der Waals surface area contributed by atoms with E-state index in [1.54, 1.807) is 12.1 Å². The number of carbonyl (C=O) groups excluding carboxylic acids is 1. The van der Waals surface area contributed by atoms with E-state index in [-0.39, 0.29) is 18.9 Å². The van der Waals surface area contributed by atoms with Gasteiger partial charge in [0, 0.05) is 24.0 Å². The summed E-state index contributed by atoms with van der Waals surface area (Å²) in [6.45, 7) is 4.63. The number of nitrogens with zero attached hydrogens (tertiary/aromatic N) is 1. The van der Waals surface area contributed by atoms with Gasteiger partial charge in [-0.2, -0.15) is 0 Å². The molecule has 7 heteroatoms. The van der Waals surface area contributed by atoms with Crippen LogP contribution in [0.3, 0.4) is 0 Å². The highest BCUT2D eigenvalue weighted by Gasteiger charge is 2.19. The van der Waals surface area contributed by atoms with Crippen LogP contribution >= 0.6 is 15.9 Å².